The third-order valence-electron chi connectivity index (χ3n) is 4.26. The first-order chi connectivity index (χ1) is 15.2. The summed E-state index contributed by atoms with van der Waals surface area (Å²) in [6.07, 6.45) is 1.16. The molecule has 2 rings (SSSR count). The third kappa shape index (κ3) is 7.12. The molecule has 0 amide bonds. The van der Waals surface area contributed by atoms with Crippen molar-refractivity contribution in [3.8, 4) is 11.5 Å². The Morgan fingerprint density at radius 2 is 1.97 bits per heavy atom. The summed E-state index contributed by atoms with van der Waals surface area (Å²) in [5.74, 6) is 1.80. The molecule has 0 saturated carbocycles. The number of hydrogen-bond donors (Lipinski definition) is 3. The zero-order chi connectivity index (χ0) is 23.7. The number of nitrogens with two attached hydrogens (primary N) is 1. The van der Waals surface area contributed by atoms with E-state index >= 15 is 0 Å². The highest BCUT2D eigenvalue weighted by Crippen LogP contribution is 2.31. The summed E-state index contributed by atoms with van der Waals surface area (Å²) in [4.78, 5) is 5.89. The van der Waals surface area contributed by atoms with Gasteiger partial charge in [0.2, 0.25) is 0 Å². The van der Waals surface area contributed by atoms with Gasteiger partial charge in [-0.05, 0) is 37.3 Å². The molecule has 0 fully saturated rings. The first-order valence-corrected chi connectivity index (χ1v) is 9.99. The fourth-order valence-electron chi connectivity index (χ4n) is 2.67. The van der Waals surface area contributed by atoms with Gasteiger partial charge in [-0.15, -0.1) is 0 Å². The molecule has 0 aliphatic carbocycles. The first kappa shape index (κ1) is 24.9. The van der Waals surface area contributed by atoms with Crippen LogP contribution in [0.15, 0.2) is 71.6 Å². The van der Waals surface area contributed by atoms with Crippen molar-refractivity contribution in [3.63, 3.8) is 0 Å². The lowest BCUT2D eigenvalue weighted by molar-refractivity contribution is -0.0880. The van der Waals surface area contributed by atoms with Crippen molar-refractivity contribution >= 4 is 28.8 Å². The lowest BCUT2D eigenvalue weighted by Gasteiger charge is -2.23. The maximum Gasteiger partial charge on any atom is 0.417 e. The van der Waals surface area contributed by atoms with Crippen molar-refractivity contribution in [2.45, 2.75) is 13.1 Å². The molecule has 2 aromatic rings. The first-order valence-electron chi connectivity index (χ1n) is 9.56. The van der Waals surface area contributed by atoms with Gasteiger partial charge in [0.25, 0.3) is 0 Å². The van der Waals surface area contributed by atoms with E-state index in [0.29, 0.717) is 34.2 Å². The van der Waals surface area contributed by atoms with E-state index in [-0.39, 0.29) is 12.4 Å². The summed E-state index contributed by atoms with van der Waals surface area (Å²) in [6.45, 7) is 1.90. The second-order valence-electron chi connectivity index (χ2n) is 6.64. The van der Waals surface area contributed by atoms with Crippen LogP contribution in [0, 0.1) is 0 Å². The van der Waals surface area contributed by atoms with Gasteiger partial charge in [0.15, 0.2) is 0 Å². The van der Waals surface area contributed by atoms with E-state index in [1.165, 1.54) is 6.08 Å². The molecule has 4 N–H and O–H groups in total. The van der Waals surface area contributed by atoms with Gasteiger partial charge in [0, 0.05) is 43.7 Å². The van der Waals surface area contributed by atoms with Crippen molar-refractivity contribution in [2.24, 2.45) is 0 Å². The third-order valence-corrected chi connectivity index (χ3v) is 4.49. The molecular formula is C22H25ClF3N5O. The predicted octanol–water partition coefficient (Wildman–Crippen LogP) is 5.63. The van der Waals surface area contributed by atoms with Gasteiger partial charge < -0.3 is 26.0 Å². The van der Waals surface area contributed by atoms with E-state index in [1.807, 2.05) is 0 Å². The molecule has 0 bridgehead atoms. The molecule has 0 spiro atoms. The summed E-state index contributed by atoms with van der Waals surface area (Å²) in [5.41, 5.74) is 7.11. The summed E-state index contributed by atoms with van der Waals surface area (Å²) in [5, 5.41) is 5.88. The Bertz CT molecular complexity index is 1010. The fourth-order valence-corrected chi connectivity index (χ4v) is 2.85. The number of hydrogen-bond acceptors (Lipinski definition) is 6. The quantitative estimate of drug-likeness (QED) is 0.252. The number of pyridine rings is 1. The number of nitrogens with one attached hydrogen (secondary N) is 2. The number of allylic oxidation sites excluding steroid dienone is 4. The SMILES string of the molecule is C\C=C/C(=C\C(=C\Cl)C(F)(F)F)NCN(C)c1ccc(Oc2ccnc(NC)c2)cc1N. The van der Waals surface area contributed by atoms with E-state index in [9.17, 15) is 13.2 Å². The molecule has 10 heteroatoms. The van der Waals surface area contributed by atoms with Gasteiger partial charge in [-0.1, -0.05) is 17.7 Å². The van der Waals surface area contributed by atoms with Crippen molar-refractivity contribution in [2.75, 3.05) is 36.7 Å². The average molecular weight is 468 g/mol. The van der Waals surface area contributed by atoms with Crippen LogP contribution in [0.5, 0.6) is 11.5 Å². The van der Waals surface area contributed by atoms with Crippen LogP contribution in [0.25, 0.3) is 0 Å². The maximum absolute atomic E-state index is 13.0. The maximum atomic E-state index is 13.0. The number of ether oxygens (including phenoxy) is 1. The highest BCUT2D eigenvalue weighted by molar-refractivity contribution is 6.26. The number of anilines is 3. The van der Waals surface area contributed by atoms with Crippen molar-refractivity contribution in [3.05, 3.63) is 71.6 Å². The lowest BCUT2D eigenvalue weighted by atomic mass is 10.2. The van der Waals surface area contributed by atoms with Crippen LogP contribution in [0.2, 0.25) is 0 Å². The van der Waals surface area contributed by atoms with Crippen LogP contribution in [-0.4, -0.2) is 31.9 Å². The largest absolute Gasteiger partial charge is 0.457 e. The van der Waals surface area contributed by atoms with Gasteiger partial charge in [-0.2, -0.15) is 13.2 Å². The molecule has 172 valence electrons. The van der Waals surface area contributed by atoms with Gasteiger partial charge in [-0.25, -0.2) is 4.98 Å². The molecule has 32 heavy (non-hydrogen) atoms. The Morgan fingerprint density at radius 1 is 1.25 bits per heavy atom. The average Bonchev–Trinajstić information content (AvgIpc) is 2.74. The van der Waals surface area contributed by atoms with Crippen LogP contribution >= 0.6 is 11.6 Å². The van der Waals surface area contributed by atoms with Gasteiger partial charge >= 0.3 is 6.18 Å². The molecule has 6 nitrogen and oxygen atoms in total. The Kier molecular flexibility index (Phi) is 8.83. The minimum Gasteiger partial charge on any atom is -0.457 e. The number of benzene rings is 1. The summed E-state index contributed by atoms with van der Waals surface area (Å²) in [6, 6.07) is 8.67. The van der Waals surface area contributed by atoms with Crippen molar-refractivity contribution in [1.82, 2.24) is 10.3 Å². The number of halogens is 4. The molecule has 0 unspecified atom stereocenters. The number of alkyl halides is 3. The zero-order valence-corrected chi connectivity index (χ0v) is 18.6. The second kappa shape index (κ2) is 11.3. The topological polar surface area (TPSA) is 75.4 Å². The van der Waals surface area contributed by atoms with Crippen LogP contribution < -0.4 is 26.0 Å². The van der Waals surface area contributed by atoms with E-state index in [4.69, 9.17) is 22.1 Å². The fraction of sp³-hybridized carbons (Fsp3) is 0.227. The number of nitrogens with zero attached hydrogens (tertiary/aromatic N) is 2. The lowest BCUT2D eigenvalue weighted by Crippen LogP contribution is -2.31. The van der Waals surface area contributed by atoms with Gasteiger partial charge in [0.1, 0.15) is 17.3 Å². The van der Waals surface area contributed by atoms with Gasteiger partial charge in [-0.3, -0.25) is 0 Å². The number of aromatic nitrogens is 1. The highest BCUT2D eigenvalue weighted by atomic mass is 35.5. The Morgan fingerprint density at radius 3 is 2.56 bits per heavy atom. The van der Waals surface area contributed by atoms with Crippen LogP contribution in [0.4, 0.5) is 30.4 Å². The Balaban J connectivity index is 2.11. The van der Waals surface area contributed by atoms with E-state index in [0.717, 1.165) is 6.08 Å². The van der Waals surface area contributed by atoms with Crippen LogP contribution in [-0.2, 0) is 0 Å². The monoisotopic (exact) mass is 467 g/mol. The molecule has 0 saturated heterocycles. The molecule has 0 aliphatic rings. The number of nitrogen functional groups attached to an aromatic ring is 1. The summed E-state index contributed by atoms with van der Waals surface area (Å²) >= 11 is 5.34. The minimum absolute atomic E-state index is 0.198. The molecule has 1 aromatic carbocycles. The molecule has 1 heterocycles. The van der Waals surface area contributed by atoms with Crippen LogP contribution in [0.3, 0.4) is 0 Å². The number of rotatable bonds is 9. The molecule has 0 radical (unpaired) electrons. The second-order valence-corrected chi connectivity index (χ2v) is 6.86. The van der Waals surface area contributed by atoms with E-state index in [2.05, 4.69) is 15.6 Å². The predicted molar refractivity (Wildman–Crippen MR) is 124 cm³/mol. The molecule has 0 aliphatic heterocycles. The molecule has 1 aromatic heterocycles. The van der Waals surface area contributed by atoms with E-state index in [1.54, 1.807) is 68.5 Å². The molecule has 0 atom stereocenters. The molecular weight excluding hydrogens is 443 g/mol. The Hall–Kier alpha value is -3.33. The van der Waals surface area contributed by atoms with Crippen molar-refractivity contribution < 1.29 is 17.9 Å². The van der Waals surface area contributed by atoms with Crippen LogP contribution in [0.1, 0.15) is 6.92 Å². The summed E-state index contributed by atoms with van der Waals surface area (Å²) < 4.78 is 44.8. The Labute approximate surface area is 190 Å². The van der Waals surface area contributed by atoms with E-state index < -0.39 is 11.7 Å². The smallest absolute Gasteiger partial charge is 0.417 e. The van der Waals surface area contributed by atoms with Gasteiger partial charge in [0.05, 0.1) is 23.6 Å². The minimum atomic E-state index is -4.55. The summed E-state index contributed by atoms with van der Waals surface area (Å²) in [7, 11) is 3.52. The normalized spacial score (nSPS) is 12.7. The highest BCUT2D eigenvalue weighted by Gasteiger charge is 2.32. The zero-order valence-electron chi connectivity index (χ0n) is 17.9. The van der Waals surface area contributed by atoms with Crippen molar-refractivity contribution in [1.29, 1.82) is 0 Å². The standard InChI is InChI=1S/C22H25ClF3N5O/c1-4-5-16(10-15(13-23)22(24,25)26)30-14-31(3)20-7-6-17(11-19(20)27)32-18-8-9-29-21(12-18)28-2/h4-13,30H,14,27H2,1-3H3,(H,28,29)/b5-4-,15-13-,16-10+.